The highest BCUT2D eigenvalue weighted by atomic mass is 14.9. The van der Waals surface area contributed by atoms with E-state index >= 15 is 0 Å². The van der Waals surface area contributed by atoms with Gasteiger partial charge in [-0.05, 0) is 51.7 Å². The summed E-state index contributed by atoms with van der Waals surface area (Å²) in [6, 6.07) is 54.3. The van der Waals surface area contributed by atoms with Gasteiger partial charge < -0.3 is 0 Å². The number of rotatable bonds is 6. The van der Waals surface area contributed by atoms with E-state index in [1.807, 2.05) is 66.9 Å². The SMILES string of the molecule is c1ccc(-c2cc(-c3ccc(-c4ccc(-c5ccc(-c6ccccn6)nc5)cc4)c4ccccc34)nc(-c3ccccc3)n2)cc1. The normalized spacial score (nSPS) is 11.0. The molecule has 0 amide bonds. The van der Waals surface area contributed by atoms with Crippen LogP contribution in [0.25, 0.3) is 78.3 Å². The van der Waals surface area contributed by atoms with E-state index in [2.05, 4.69) is 107 Å². The van der Waals surface area contributed by atoms with E-state index in [1.165, 1.54) is 10.9 Å². The number of benzene rings is 5. The first-order valence-corrected chi connectivity index (χ1v) is 15.3. The van der Waals surface area contributed by atoms with E-state index in [4.69, 9.17) is 9.97 Å². The highest BCUT2D eigenvalue weighted by molar-refractivity contribution is 6.04. The molecule has 0 saturated carbocycles. The number of hydrogen-bond acceptors (Lipinski definition) is 4. The summed E-state index contributed by atoms with van der Waals surface area (Å²) in [5.41, 5.74) is 11.2. The van der Waals surface area contributed by atoms with Gasteiger partial charge in [-0.2, -0.15) is 0 Å². The van der Waals surface area contributed by atoms with Crippen molar-refractivity contribution in [1.29, 1.82) is 0 Å². The maximum atomic E-state index is 5.10. The van der Waals surface area contributed by atoms with Crippen molar-refractivity contribution in [2.24, 2.45) is 0 Å². The van der Waals surface area contributed by atoms with Gasteiger partial charge in [-0.25, -0.2) is 9.97 Å². The molecular formula is C42H28N4. The van der Waals surface area contributed by atoms with Crippen molar-refractivity contribution in [1.82, 2.24) is 19.9 Å². The zero-order valence-corrected chi connectivity index (χ0v) is 25.0. The van der Waals surface area contributed by atoms with Crippen LogP contribution >= 0.6 is 0 Å². The quantitative estimate of drug-likeness (QED) is 0.194. The lowest BCUT2D eigenvalue weighted by atomic mass is 9.92. The Kier molecular flexibility index (Phi) is 7.14. The Morgan fingerprint density at radius 3 is 1.61 bits per heavy atom. The fourth-order valence-corrected chi connectivity index (χ4v) is 5.91. The zero-order chi connectivity index (χ0) is 30.7. The van der Waals surface area contributed by atoms with Gasteiger partial charge in [-0.15, -0.1) is 0 Å². The highest BCUT2D eigenvalue weighted by Gasteiger charge is 2.15. The Balaban J connectivity index is 1.18. The molecule has 8 aromatic rings. The standard InChI is InChI=1S/C42H28N4/c1-3-11-31(12-4-1)40-27-41(46-42(45-40)32-13-5-2-6-14-32)37-24-23-34(35-15-7-8-16-36(35)37)30-20-18-29(19-21-30)33-22-25-39(44-28-33)38-17-9-10-26-43-38/h1-28H. The van der Waals surface area contributed by atoms with Crippen LogP contribution in [0, 0.1) is 0 Å². The van der Waals surface area contributed by atoms with Gasteiger partial charge in [0.05, 0.1) is 22.8 Å². The topological polar surface area (TPSA) is 51.6 Å². The van der Waals surface area contributed by atoms with Crippen molar-refractivity contribution in [3.63, 3.8) is 0 Å². The molecule has 0 aliphatic heterocycles. The van der Waals surface area contributed by atoms with Crippen molar-refractivity contribution >= 4 is 10.8 Å². The van der Waals surface area contributed by atoms with Crippen LogP contribution in [0.5, 0.6) is 0 Å². The predicted molar refractivity (Wildman–Crippen MR) is 188 cm³/mol. The van der Waals surface area contributed by atoms with Gasteiger partial charge in [0.15, 0.2) is 5.82 Å². The molecule has 0 aliphatic carbocycles. The molecule has 0 N–H and O–H groups in total. The second-order valence-corrected chi connectivity index (χ2v) is 11.1. The molecule has 3 heterocycles. The Labute approximate surface area is 267 Å². The molecule has 4 heteroatoms. The molecule has 0 spiro atoms. The molecule has 0 unspecified atom stereocenters. The summed E-state index contributed by atoms with van der Waals surface area (Å²) < 4.78 is 0. The molecule has 0 fully saturated rings. The Hall–Kier alpha value is -6.26. The van der Waals surface area contributed by atoms with Crippen molar-refractivity contribution in [2.75, 3.05) is 0 Å². The molecule has 0 radical (unpaired) electrons. The van der Waals surface area contributed by atoms with Gasteiger partial charge in [0.1, 0.15) is 0 Å². The summed E-state index contributed by atoms with van der Waals surface area (Å²) in [5.74, 6) is 0.711. The van der Waals surface area contributed by atoms with Crippen LogP contribution in [0.1, 0.15) is 0 Å². The molecule has 216 valence electrons. The second kappa shape index (κ2) is 12.0. The third kappa shape index (κ3) is 5.33. The van der Waals surface area contributed by atoms with Gasteiger partial charge in [0.2, 0.25) is 0 Å². The number of fused-ring (bicyclic) bond motifs is 1. The summed E-state index contributed by atoms with van der Waals surface area (Å²) in [6.07, 6.45) is 3.70. The number of hydrogen-bond donors (Lipinski definition) is 0. The average molecular weight is 589 g/mol. The number of aromatic nitrogens is 4. The van der Waals surface area contributed by atoms with Crippen LogP contribution in [0.15, 0.2) is 170 Å². The van der Waals surface area contributed by atoms with E-state index in [9.17, 15) is 0 Å². The monoisotopic (exact) mass is 588 g/mol. The smallest absolute Gasteiger partial charge is 0.160 e. The lowest BCUT2D eigenvalue weighted by molar-refractivity contribution is 1.18. The molecule has 0 atom stereocenters. The first-order chi connectivity index (χ1) is 22.8. The molecule has 0 bridgehead atoms. The third-order valence-corrected chi connectivity index (χ3v) is 8.25. The molecular weight excluding hydrogens is 560 g/mol. The largest absolute Gasteiger partial charge is 0.255 e. The summed E-state index contributed by atoms with van der Waals surface area (Å²) >= 11 is 0. The van der Waals surface area contributed by atoms with Crippen LogP contribution in [0.2, 0.25) is 0 Å². The minimum atomic E-state index is 0.711. The van der Waals surface area contributed by atoms with Gasteiger partial charge in [-0.1, -0.05) is 133 Å². The Morgan fingerprint density at radius 1 is 0.326 bits per heavy atom. The predicted octanol–water partition coefficient (Wildman–Crippen LogP) is 10.4. The van der Waals surface area contributed by atoms with Gasteiger partial charge in [-0.3, -0.25) is 9.97 Å². The van der Waals surface area contributed by atoms with Crippen molar-refractivity contribution in [2.45, 2.75) is 0 Å². The van der Waals surface area contributed by atoms with E-state index in [0.717, 1.165) is 61.5 Å². The van der Waals surface area contributed by atoms with E-state index in [-0.39, 0.29) is 0 Å². The maximum absolute atomic E-state index is 5.10. The number of pyridine rings is 2. The van der Waals surface area contributed by atoms with Crippen molar-refractivity contribution in [3.05, 3.63) is 170 Å². The Morgan fingerprint density at radius 2 is 0.913 bits per heavy atom. The molecule has 0 aliphatic rings. The summed E-state index contributed by atoms with van der Waals surface area (Å²) in [7, 11) is 0. The fourth-order valence-electron chi connectivity index (χ4n) is 5.91. The van der Waals surface area contributed by atoms with Crippen molar-refractivity contribution < 1.29 is 0 Å². The summed E-state index contributed by atoms with van der Waals surface area (Å²) in [4.78, 5) is 19.2. The molecule has 5 aromatic carbocycles. The summed E-state index contributed by atoms with van der Waals surface area (Å²) in [5, 5.41) is 2.32. The summed E-state index contributed by atoms with van der Waals surface area (Å²) in [6.45, 7) is 0. The molecule has 0 saturated heterocycles. The van der Waals surface area contributed by atoms with E-state index in [0.29, 0.717) is 5.82 Å². The van der Waals surface area contributed by atoms with Crippen molar-refractivity contribution in [3.8, 4) is 67.5 Å². The first kappa shape index (κ1) is 27.3. The Bertz CT molecular complexity index is 2210. The van der Waals surface area contributed by atoms with Gasteiger partial charge >= 0.3 is 0 Å². The van der Waals surface area contributed by atoms with Crippen LogP contribution < -0.4 is 0 Å². The van der Waals surface area contributed by atoms with Gasteiger partial charge in [0, 0.05) is 34.6 Å². The molecule has 8 rings (SSSR count). The van der Waals surface area contributed by atoms with E-state index < -0.39 is 0 Å². The average Bonchev–Trinajstić information content (AvgIpc) is 3.15. The lowest BCUT2D eigenvalue weighted by Crippen LogP contribution is -1.96. The van der Waals surface area contributed by atoms with E-state index in [1.54, 1.807) is 6.20 Å². The van der Waals surface area contributed by atoms with Gasteiger partial charge in [0.25, 0.3) is 0 Å². The highest BCUT2D eigenvalue weighted by Crippen LogP contribution is 2.37. The second-order valence-electron chi connectivity index (χ2n) is 11.1. The minimum absolute atomic E-state index is 0.711. The maximum Gasteiger partial charge on any atom is 0.160 e. The number of nitrogens with zero attached hydrogens (tertiary/aromatic N) is 4. The first-order valence-electron chi connectivity index (χ1n) is 15.3. The van der Waals surface area contributed by atoms with Crippen LogP contribution in [0.3, 0.4) is 0 Å². The molecule has 3 aromatic heterocycles. The lowest BCUT2D eigenvalue weighted by Gasteiger charge is -2.14. The fraction of sp³-hybridized carbons (Fsp3) is 0. The minimum Gasteiger partial charge on any atom is -0.255 e. The molecule has 46 heavy (non-hydrogen) atoms. The van der Waals surface area contributed by atoms with Crippen LogP contribution in [-0.4, -0.2) is 19.9 Å². The third-order valence-electron chi connectivity index (χ3n) is 8.25. The van der Waals surface area contributed by atoms with Crippen LogP contribution in [0.4, 0.5) is 0 Å². The molecule has 4 nitrogen and oxygen atoms in total. The van der Waals surface area contributed by atoms with Crippen LogP contribution in [-0.2, 0) is 0 Å². The zero-order valence-electron chi connectivity index (χ0n) is 25.0.